The van der Waals surface area contributed by atoms with Crippen LogP contribution in [0.25, 0.3) is 33.4 Å². The van der Waals surface area contributed by atoms with Gasteiger partial charge >= 0.3 is 0 Å². The van der Waals surface area contributed by atoms with Gasteiger partial charge in [0.2, 0.25) is 0 Å². The van der Waals surface area contributed by atoms with Crippen molar-refractivity contribution in [1.29, 1.82) is 0 Å². The Balaban J connectivity index is 1.91. The van der Waals surface area contributed by atoms with Crippen molar-refractivity contribution in [3.05, 3.63) is 72.9 Å². The molecule has 0 spiro atoms. The van der Waals surface area contributed by atoms with Crippen LogP contribution < -0.4 is 0 Å². The average Bonchev–Trinajstić information content (AvgIpc) is 2.61. The van der Waals surface area contributed by atoms with Crippen LogP contribution in [0.3, 0.4) is 0 Å². The zero-order chi connectivity index (χ0) is 15.6. The number of benzene rings is 1. The van der Waals surface area contributed by atoms with E-state index in [9.17, 15) is 0 Å². The van der Waals surface area contributed by atoms with Crippen molar-refractivity contribution in [3.8, 4) is 22.5 Å². The van der Waals surface area contributed by atoms with E-state index in [1.54, 1.807) is 12.5 Å². The van der Waals surface area contributed by atoms with Gasteiger partial charge in [0.05, 0.1) is 16.9 Å². The summed E-state index contributed by atoms with van der Waals surface area (Å²) < 4.78 is 0. The van der Waals surface area contributed by atoms with Crippen LogP contribution in [-0.2, 0) is 0 Å². The highest BCUT2D eigenvalue weighted by Crippen LogP contribution is 2.30. The number of nitrogens with zero attached hydrogens (tertiary/aromatic N) is 4. The predicted molar refractivity (Wildman–Crippen MR) is 90.7 cm³/mol. The summed E-state index contributed by atoms with van der Waals surface area (Å²) in [6.07, 6.45) is 5.19. The molecule has 0 saturated heterocycles. The Labute approximate surface area is 133 Å². The maximum Gasteiger partial charge on any atom is 0.116 e. The van der Waals surface area contributed by atoms with Crippen molar-refractivity contribution in [3.63, 3.8) is 0 Å². The molecule has 4 nitrogen and oxygen atoms in total. The first-order valence-electron chi connectivity index (χ1n) is 7.40. The number of pyridine rings is 2. The van der Waals surface area contributed by atoms with Gasteiger partial charge in [0.1, 0.15) is 6.33 Å². The summed E-state index contributed by atoms with van der Waals surface area (Å²) in [5.41, 5.74) is 5.81. The first-order valence-corrected chi connectivity index (χ1v) is 7.40. The van der Waals surface area contributed by atoms with Gasteiger partial charge in [-0.05, 0) is 42.8 Å². The number of rotatable bonds is 2. The third kappa shape index (κ3) is 2.55. The van der Waals surface area contributed by atoms with Crippen molar-refractivity contribution in [2.45, 2.75) is 6.92 Å². The fraction of sp³-hybridized carbons (Fsp3) is 0.0526. The van der Waals surface area contributed by atoms with E-state index in [-0.39, 0.29) is 0 Å². The molecule has 0 saturated carbocycles. The third-order valence-corrected chi connectivity index (χ3v) is 3.75. The molecule has 0 aliphatic rings. The van der Waals surface area contributed by atoms with E-state index in [0.29, 0.717) is 0 Å². The minimum Gasteiger partial charge on any atom is -0.254 e. The van der Waals surface area contributed by atoms with Gasteiger partial charge in [-0.2, -0.15) is 0 Å². The lowest BCUT2D eigenvalue weighted by Crippen LogP contribution is -1.93. The van der Waals surface area contributed by atoms with Gasteiger partial charge in [0.25, 0.3) is 0 Å². The molecule has 3 heterocycles. The maximum atomic E-state index is 4.60. The van der Waals surface area contributed by atoms with Crippen LogP contribution in [0.5, 0.6) is 0 Å². The Morgan fingerprint density at radius 1 is 0.913 bits per heavy atom. The largest absolute Gasteiger partial charge is 0.254 e. The lowest BCUT2D eigenvalue weighted by molar-refractivity contribution is 1.18. The van der Waals surface area contributed by atoms with Gasteiger partial charge in [-0.25, -0.2) is 9.97 Å². The number of fused-ring (bicyclic) bond motifs is 1. The van der Waals surface area contributed by atoms with E-state index >= 15 is 0 Å². The van der Waals surface area contributed by atoms with Crippen LogP contribution >= 0.6 is 0 Å². The molecule has 0 unspecified atom stereocenters. The van der Waals surface area contributed by atoms with Crippen molar-refractivity contribution in [2.75, 3.05) is 0 Å². The van der Waals surface area contributed by atoms with Gasteiger partial charge in [0.15, 0.2) is 0 Å². The molecule has 0 amide bonds. The van der Waals surface area contributed by atoms with Crippen LogP contribution in [0.1, 0.15) is 5.69 Å². The van der Waals surface area contributed by atoms with E-state index in [0.717, 1.165) is 39.1 Å². The lowest BCUT2D eigenvalue weighted by Gasteiger charge is -2.09. The quantitative estimate of drug-likeness (QED) is 0.560. The third-order valence-electron chi connectivity index (χ3n) is 3.75. The Kier molecular flexibility index (Phi) is 3.27. The molecule has 0 aliphatic heterocycles. The summed E-state index contributed by atoms with van der Waals surface area (Å²) in [7, 11) is 0. The van der Waals surface area contributed by atoms with Crippen molar-refractivity contribution >= 4 is 10.9 Å². The highest BCUT2D eigenvalue weighted by atomic mass is 14.8. The number of aromatic nitrogens is 4. The molecule has 0 aliphatic carbocycles. The summed E-state index contributed by atoms with van der Waals surface area (Å²) in [6.45, 7) is 1.99. The van der Waals surface area contributed by atoms with Gasteiger partial charge < -0.3 is 0 Å². The maximum absolute atomic E-state index is 4.60. The minimum absolute atomic E-state index is 0.880. The molecule has 0 N–H and O–H groups in total. The smallest absolute Gasteiger partial charge is 0.116 e. The monoisotopic (exact) mass is 298 g/mol. The highest BCUT2D eigenvalue weighted by Gasteiger charge is 2.10. The normalized spacial score (nSPS) is 10.8. The zero-order valence-corrected chi connectivity index (χ0v) is 12.6. The van der Waals surface area contributed by atoms with E-state index < -0.39 is 0 Å². The van der Waals surface area contributed by atoms with Crippen LogP contribution in [0.4, 0.5) is 0 Å². The summed E-state index contributed by atoms with van der Waals surface area (Å²) in [4.78, 5) is 17.5. The molecule has 1 aromatic carbocycles. The van der Waals surface area contributed by atoms with Gasteiger partial charge in [-0.3, -0.25) is 9.97 Å². The van der Waals surface area contributed by atoms with Gasteiger partial charge in [0, 0.05) is 29.0 Å². The van der Waals surface area contributed by atoms with Crippen LogP contribution in [-0.4, -0.2) is 19.9 Å². The van der Waals surface area contributed by atoms with Gasteiger partial charge in [-0.15, -0.1) is 0 Å². The van der Waals surface area contributed by atoms with Gasteiger partial charge in [-0.1, -0.05) is 18.2 Å². The zero-order valence-electron chi connectivity index (χ0n) is 12.6. The van der Waals surface area contributed by atoms with E-state index in [1.807, 2.05) is 43.5 Å². The van der Waals surface area contributed by atoms with Crippen molar-refractivity contribution in [1.82, 2.24) is 19.9 Å². The second-order valence-electron chi connectivity index (χ2n) is 5.36. The SMILES string of the molecule is Cc1cccc(-c2ncccc2-c2ccc3ncncc3c2)n1. The van der Waals surface area contributed by atoms with E-state index in [4.69, 9.17) is 0 Å². The molecule has 0 bridgehead atoms. The first-order chi connectivity index (χ1) is 11.3. The molecule has 0 radical (unpaired) electrons. The Hall–Kier alpha value is -3.14. The number of hydrogen-bond donors (Lipinski definition) is 0. The average molecular weight is 298 g/mol. The minimum atomic E-state index is 0.880. The predicted octanol–water partition coefficient (Wildman–Crippen LogP) is 4.06. The second kappa shape index (κ2) is 5.57. The Bertz CT molecular complexity index is 995. The molecule has 0 atom stereocenters. The topological polar surface area (TPSA) is 51.6 Å². The van der Waals surface area contributed by atoms with Crippen LogP contribution in [0.2, 0.25) is 0 Å². The molecule has 4 heteroatoms. The molecular formula is C19H14N4. The molecule has 3 aromatic heterocycles. The lowest BCUT2D eigenvalue weighted by atomic mass is 10.0. The van der Waals surface area contributed by atoms with E-state index in [1.165, 1.54) is 0 Å². The molecule has 110 valence electrons. The van der Waals surface area contributed by atoms with Crippen LogP contribution in [0.15, 0.2) is 67.3 Å². The standard InChI is InChI=1S/C19H14N4/c1-13-4-2-6-18(23-13)19-16(5-3-9-21-19)14-7-8-17-15(10-14)11-20-12-22-17/h2-12H,1H3. The molecular weight excluding hydrogens is 284 g/mol. The number of hydrogen-bond acceptors (Lipinski definition) is 4. The second-order valence-corrected chi connectivity index (χ2v) is 5.36. The summed E-state index contributed by atoms with van der Waals surface area (Å²) in [5, 5.41) is 1.01. The molecule has 4 rings (SSSR count). The van der Waals surface area contributed by atoms with Crippen molar-refractivity contribution in [2.24, 2.45) is 0 Å². The van der Waals surface area contributed by atoms with Crippen molar-refractivity contribution < 1.29 is 0 Å². The summed E-state index contributed by atoms with van der Waals surface area (Å²) in [5.74, 6) is 0. The Morgan fingerprint density at radius 2 is 1.87 bits per heavy atom. The first kappa shape index (κ1) is 13.5. The molecule has 0 fully saturated rings. The fourth-order valence-corrected chi connectivity index (χ4v) is 2.67. The van der Waals surface area contributed by atoms with Crippen LogP contribution in [0, 0.1) is 6.92 Å². The molecule has 23 heavy (non-hydrogen) atoms. The highest BCUT2D eigenvalue weighted by molar-refractivity contribution is 5.87. The van der Waals surface area contributed by atoms with E-state index in [2.05, 4.69) is 38.1 Å². The summed E-state index contributed by atoms with van der Waals surface area (Å²) in [6, 6.07) is 16.1. The Morgan fingerprint density at radius 3 is 2.78 bits per heavy atom. The fourth-order valence-electron chi connectivity index (χ4n) is 2.67. The molecule has 4 aromatic rings. The number of aryl methyl sites for hydroxylation is 1. The summed E-state index contributed by atoms with van der Waals surface area (Å²) >= 11 is 0.